The number of carbonyl (C=O) groups is 1. The van der Waals surface area contributed by atoms with Crippen LogP contribution in [-0.4, -0.2) is 40.5 Å². The monoisotopic (exact) mass is 291 g/mol. The highest BCUT2D eigenvalue weighted by Gasteiger charge is 2.38. The second-order valence-corrected chi connectivity index (χ2v) is 5.75. The fourth-order valence-electron chi connectivity index (χ4n) is 3.00. The fourth-order valence-corrected chi connectivity index (χ4v) is 3.00. The van der Waals surface area contributed by atoms with Crippen molar-refractivity contribution in [2.75, 3.05) is 19.7 Å². The molecule has 0 saturated carbocycles. The van der Waals surface area contributed by atoms with Gasteiger partial charge in [-0.2, -0.15) is 0 Å². The molecule has 5 nitrogen and oxygen atoms in total. The molecule has 0 amide bonds. The summed E-state index contributed by atoms with van der Waals surface area (Å²) in [6.45, 7) is 6.32. The van der Waals surface area contributed by atoms with Gasteiger partial charge in [-0.1, -0.05) is 12.8 Å². The van der Waals surface area contributed by atoms with Gasteiger partial charge in [-0.3, -0.25) is 19.7 Å². The first-order chi connectivity index (χ1) is 10.2. The van der Waals surface area contributed by atoms with Gasteiger partial charge < -0.3 is 4.74 Å². The molecular formula is C16H25N3O2. The number of likely N-dealkylation sites (tertiary alicyclic amines) is 1. The summed E-state index contributed by atoms with van der Waals surface area (Å²) in [5, 5.41) is 0. The van der Waals surface area contributed by atoms with Gasteiger partial charge in [0.05, 0.1) is 30.5 Å². The molecule has 1 aromatic rings. The number of rotatable bonds is 5. The quantitative estimate of drug-likeness (QED) is 0.780. The lowest BCUT2D eigenvalue weighted by Gasteiger charge is -2.39. The maximum absolute atomic E-state index is 12.1. The molecule has 2 rings (SSSR count). The maximum atomic E-state index is 12.1. The Labute approximate surface area is 126 Å². The van der Waals surface area contributed by atoms with E-state index in [-0.39, 0.29) is 5.97 Å². The number of hydrogen-bond donors (Lipinski definition) is 0. The van der Waals surface area contributed by atoms with E-state index in [1.807, 2.05) is 6.92 Å². The summed E-state index contributed by atoms with van der Waals surface area (Å²) in [5.74, 6) is -0.171. The summed E-state index contributed by atoms with van der Waals surface area (Å²) in [4.78, 5) is 23.1. The summed E-state index contributed by atoms with van der Waals surface area (Å²) in [7, 11) is 0. The minimum Gasteiger partial charge on any atom is -0.466 e. The molecule has 0 aliphatic carbocycles. The predicted molar refractivity (Wildman–Crippen MR) is 80.7 cm³/mol. The Kier molecular flexibility index (Phi) is 5.67. The summed E-state index contributed by atoms with van der Waals surface area (Å²) in [6, 6.07) is 0. The number of nitrogens with zero attached hydrogens (tertiary/aromatic N) is 3. The summed E-state index contributed by atoms with van der Waals surface area (Å²) >= 11 is 0. The molecule has 1 atom stereocenters. The molecule has 1 aliphatic heterocycles. The van der Waals surface area contributed by atoms with Crippen molar-refractivity contribution in [3.63, 3.8) is 0 Å². The third-order valence-electron chi connectivity index (χ3n) is 4.21. The smallest absolute Gasteiger partial charge is 0.308 e. The lowest BCUT2D eigenvalue weighted by atomic mass is 9.91. The van der Waals surface area contributed by atoms with Crippen molar-refractivity contribution in [2.24, 2.45) is 0 Å². The molecule has 0 aromatic carbocycles. The first-order valence-electron chi connectivity index (χ1n) is 7.84. The molecule has 0 radical (unpaired) electrons. The standard InChI is InChI=1S/C16H25N3O2/c1-3-21-15(20)12-16(2,14-13-17-8-9-18-14)19-10-6-4-5-7-11-19/h8-9,13H,3-7,10-12H2,1-2H3. The van der Waals surface area contributed by atoms with E-state index < -0.39 is 5.54 Å². The zero-order chi connectivity index (χ0) is 15.1. The Morgan fingerprint density at radius 2 is 2.00 bits per heavy atom. The van der Waals surface area contributed by atoms with Gasteiger partial charge in [-0.05, 0) is 39.8 Å². The van der Waals surface area contributed by atoms with Gasteiger partial charge >= 0.3 is 5.97 Å². The first-order valence-corrected chi connectivity index (χ1v) is 7.84. The highest BCUT2D eigenvalue weighted by atomic mass is 16.5. The number of ether oxygens (including phenoxy) is 1. The van der Waals surface area contributed by atoms with Crippen LogP contribution >= 0.6 is 0 Å². The van der Waals surface area contributed by atoms with Gasteiger partial charge in [-0.15, -0.1) is 0 Å². The van der Waals surface area contributed by atoms with Crippen LogP contribution in [0.15, 0.2) is 18.6 Å². The summed E-state index contributed by atoms with van der Waals surface area (Å²) < 4.78 is 5.17. The third-order valence-corrected chi connectivity index (χ3v) is 4.21. The van der Waals surface area contributed by atoms with Crippen LogP contribution in [0.5, 0.6) is 0 Å². The van der Waals surface area contributed by atoms with Crippen LogP contribution in [0.2, 0.25) is 0 Å². The zero-order valence-electron chi connectivity index (χ0n) is 13.0. The SMILES string of the molecule is CCOC(=O)CC(C)(c1cnccn1)N1CCCCCC1. The second-order valence-electron chi connectivity index (χ2n) is 5.75. The molecule has 1 aromatic heterocycles. The van der Waals surface area contributed by atoms with Gasteiger partial charge in [-0.25, -0.2) is 0 Å². The lowest BCUT2D eigenvalue weighted by molar-refractivity contribution is -0.146. The fraction of sp³-hybridized carbons (Fsp3) is 0.688. The Bertz CT molecular complexity index is 444. The van der Waals surface area contributed by atoms with Crippen LogP contribution in [0.4, 0.5) is 0 Å². The molecule has 1 unspecified atom stereocenters. The van der Waals surface area contributed by atoms with Gasteiger partial charge in [0.1, 0.15) is 0 Å². The van der Waals surface area contributed by atoms with Crippen LogP contribution in [0.3, 0.4) is 0 Å². The van der Waals surface area contributed by atoms with Crippen LogP contribution in [-0.2, 0) is 15.1 Å². The van der Waals surface area contributed by atoms with Crippen molar-refractivity contribution in [3.8, 4) is 0 Å². The summed E-state index contributed by atoms with van der Waals surface area (Å²) in [5.41, 5.74) is 0.408. The zero-order valence-corrected chi connectivity index (χ0v) is 13.0. The predicted octanol–water partition coefficient (Wildman–Crippen LogP) is 2.52. The minimum absolute atomic E-state index is 0.171. The highest BCUT2D eigenvalue weighted by molar-refractivity contribution is 5.71. The van der Waals surface area contributed by atoms with Crippen LogP contribution < -0.4 is 0 Å². The summed E-state index contributed by atoms with van der Waals surface area (Å²) in [6.07, 6.45) is 10.3. The van der Waals surface area contributed by atoms with Gasteiger partial charge in [0.2, 0.25) is 0 Å². The van der Waals surface area contributed by atoms with E-state index in [1.54, 1.807) is 18.6 Å². The van der Waals surface area contributed by atoms with Crippen molar-refractivity contribution in [1.29, 1.82) is 0 Å². The third kappa shape index (κ3) is 4.00. The number of carbonyl (C=O) groups excluding carboxylic acids is 1. The number of hydrogen-bond acceptors (Lipinski definition) is 5. The second kappa shape index (κ2) is 7.50. The molecule has 2 heterocycles. The van der Waals surface area contributed by atoms with Crippen molar-refractivity contribution in [1.82, 2.24) is 14.9 Å². The van der Waals surface area contributed by atoms with Crippen LogP contribution in [0.25, 0.3) is 0 Å². The van der Waals surface area contributed by atoms with Crippen LogP contribution in [0.1, 0.15) is 51.6 Å². The van der Waals surface area contributed by atoms with E-state index in [1.165, 1.54) is 25.7 Å². The average Bonchev–Trinajstić information content (AvgIpc) is 2.78. The molecule has 0 N–H and O–H groups in total. The van der Waals surface area contributed by atoms with E-state index in [2.05, 4.69) is 21.8 Å². The van der Waals surface area contributed by atoms with E-state index in [0.717, 1.165) is 18.8 Å². The molecule has 5 heteroatoms. The number of aromatic nitrogens is 2. The van der Waals surface area contributed by atoms with Gasteiger partial charge in [0.25, 0.3) is 0 Å². The van der Waals surface area contributed by atoms with E-state index in [9.17, 15) is 4.79 Å². The Morgan fingerprint density at radius 1 is 1.29 bits per heavy atom. The van der Waals surface area contributed by atoms with Gasteiger partial charge in [0.15, 0.2) is 0 Å². The Morgan fingerprint density at radius 3 is 2.57 bits per heavy atom. The molecule has 1 fully saturated rings. The Balaban J connectivity index is 2.26. The minimum atomic E-state index is -0.440. The first kappa shape index (κ1) is 15.9. The lowest BCUT2D eigenvalue weighted by Crippen LogP contribution is -2.46. The maximum Gasteiger partial charge on any atom is 0.308 e. The number of esters is 1. The molecule has 1 aliphatic rings. The average molecular weight is 291 g/mol. The van der Waals surface area contributed by atoms with E-state index >= 15 is 0 Å². The van der Waals surface area contributed by atoms with E-state index in [0.29, 0.717) is 13.0 Å². The molecular weight excluding hydrogens is 266 g/mol. The topological polar surface area (TPSA) is 55.3 Å². The molecule has 21 heavy (non-hydrogen) atoms. The molecule has 116 valence electrons. The van der Waals surface area contributed by atoms with Crippen molar-refractivity contribution in [3.05, 3.63) is 24.3 Å². The van der Waals surface area contributed by atoms with Crippen molar-refractivity contribution < 1.29 is 9.53 Å². The largest absolute Gasteiger partial charge is 0.466 e. The van der Waals surface area contributed by atoms with Crippen molar-refractivity contribution in [2.45, 2.75) is 51.5 Å². The van der Waals surface area contributed by atoms with Gasteiger partial charge in [0, 0.05) is 12.4 Å². The Hall–Kier alpha value is -1.49. The van der Waals surface area contributed by atoms with E-state index in [4.69, 9.17) is 4.74 Å². The molecule has 0 bridgehead atoms. The molecule has 1 saturated heterocycles. The highest BCUT2D eigenvalue weighted by Crippen LogP contribution is 2.32. The van der Waals surface area contributed by atoms with Crippen molar-refractivity contribution >= 4 is 5.97 Å². The normalized spacial score (nSPS) is 19.5. The van der Waals surface area contributed by atoms with Crippen LogP contribution in [0, 0.1) is 0 Å². The molecule has 0 spiro atoms.